The van der Waals surface area contributed by atoms with E-state index in [-0.39, 0.29) is 0 Å². The zero-order valence-electron chi connectivity index (χ0n) is 9.43. The van der Waals surface area contributed by atoms with Gasteiger partial charge in [-0.05, 0) is 23.1 Å². The summed E-state index contributed by atoms with van der Waals surface area (Å²) in [6, 6.07) is 10.2. The van der Waals surface area contributed by atoms with Gasteiger partial charge in [0, 0.05) is 11.0 Å². The first-order valence-corrected chi connectivity index (χ1v) is 7.17. The molecule has 0 unspecified atom stereocenters. The van der Waals surface area contributed by atoms with Crippen LogP contribution in [0.25, 0.3) is 10.2 Å². The highest BCUT2D eigenvalue weighted by atomic mass is 79.9. The van der Waals surface area contributed by atoms with Crippen molar-refractivity contribution in [3.05, 3.63) is 52.1 Å². The van der Waals surface area contributed by atoms with Crippen molar-refractivity contribution in [3.63, 3.8) is 0 Å². The summed E-state index contributed by atoms with van der Waals surface area (Å²) in [5.41, 5.74) is 2.20. The fourth-order valence-electron chi connectivity index (χ4n) is 1.74. The second kappa shape index (κ2) is 5.04. The van der Waals surface area contributed by atoms with Gasteiger partial charge in [-0.2, -0.15) is 0 Å². The van der Waals surface area contributed by atoms with Gasteiger partial charge in [0.15, 0.2) is 0 Å². The smallest absolute Gasteiger partial charge is 0.147 e. The molecule has 18 heavy (non-hydrogen) atoms. The molecule has 0 bridgehead atoms. The molecule has 0 aliphatic rings. The third-order valence-corrected chi connectivity index (χ3v) is 4.33. The molecular weight excluding hydrogens is 310 g/mol. The lowest BCUT2D eigenvalue weighted by Crippen LogP contribution is -2.02. The maximum Gasteiger partial charge on any atom is 0.147 e. The lowest BCUT2D eigenvalue weighted by molar-refractivity contribution is 1.10. The predicted molar refractivity (Wildman–Crippen MR) is 78.9 cm³/mol. The molecule has 1 aromatic carbocycles. The van der Waals surface area contributed by atoms with Crippen LogP contribution in [0, 0.1) is 0 Å². The molecule has 0 saturated carbocycles. The Balaban J connectivity index is 1.85. The van der Waals surface area contributed by atoms with Gasteiger partial charge in [0.05, 0.1) is 10.2 Å². The maximum atomic E-state index is 4.30. The van der Waals surface area contributed by atoms with Gasteiger partial charge in [0.25, 0.3) is 0 Å². The van der Waals surface area contributed by atoms with Crippen LogP contribution in [0.4, 0.5) is 5.82 Å². The van der Waals surface area contributed by atoms with E-state index in [1.807, 2.05) is 29.6 Å². The highest BCUT2D eigenvalue weighted by molar-refractivity contribution is 9.10. The summed E-state index contributed by atoms with van der Waals surface area (Å²) in [5, 5.41) is 5.39. The summed E-state index contributed by atoms with van der Waals surface area (Å²) in [6.07, 6.45) is 1.59. The quantitative estimate of drug-likeness (QED) is 0.790. The number of benzene rings is 1. The molecule has 0 atom stereocenters. The van der Waals surface area contributed by atoms with Crippen LogP contribution in [-0.2, 0) is 6.54 Å². The molecule has 0 spiro atoms. The average molecular weight is 320 g/mol. The molecule has 0 aliphatic heterocycles. The molecule has 0 aliphatic carbocycles. The fourth-order valence-corrected chi connectivity index (χ4v) is 2.97. The van der Waals surface area contributed by atoms with Gasteiger partial charge < -0.3 is 5.32 Å². The van der Waals surface area contributed by atoms with Gasteiger partial charge in [-0.1, -0.05) is 34.1 Å². The van der Waals surface area contributed by atoms with E-state index in [1.54, 1.807) is 17.7 Å². The molecule has 3 rings (SSSR count). The van der Waals surface area contributed by atoms with Crippen molar-refractivity contribution < 1.29 is 0 Å². The monoisotopic (exact) mass is 319 g/mol. The van der Waals surface area contributed by atoms with E-state index in [1.165, 1.54) is 5.56 Å². The number of rotatable bonds is 3. The van der Waals surface area contributed by atoms with Crippen LogP contribution in [0.5, 0.6) is 0 Å². The lowest BCUT2D eigenvalue weighted by Gasteiger charge is -2.07. The number of halogens is 1. The molecule has 3 nitrogen and oxygen atoms in total. The van der Waals surface area contributed by atoms with Crippen LogP contribution in [0.3, 0.4) is 0 Å². The van der Waals surface area contributed by atoms with Crippen molar-refractivity contribution in [2.24, 2.45) is 0 Å². The molecule has 2 heterocycles. The first-order chi connectivity index (χ1) is 8.84. The number of anilines is 1. The Morgan fingerprint density at radius 2 is 2.06 bits per heavy atom. The predicted octanol–water partition coefficient (Wildman–Crippen LogP) is 4.07. The molecule has 0 saturated heterocycles. The van der Waals surface area contributed by atoms with E-state index in [0.29, 0.717) is 0 Å². The molecule has 1 N–H and O–H groups in total. The van der Waals surface area contributed by atoms with E-state index >= 15 is 0 Å². The van der Waals surface area contributed by atoms with E-state index in [2.05, 4.69) is 37.3 Å². The SMILES string of the molecule is Brc1ccccc1CNc1ncnc2ccsc12. The summed E-state index contributed by atoms with van der Waals surface area (Å²) < 4.78 is 2.21. The highest BCUT2D eigenvalue weighted by Gasteiger charge is 2.05. The van der Waals surface area contributed by atoms with Crippen LogP contribution < -0.4 is 5.32 Å². The van der Waals surface area contributed by atoms with Crippen molar-refractivity contribution in [1.29, 1.82) is 0 Å². The van der Waals surface area contributed by atoms with Gasteiger partial charge in [-0.25, -0.2) is 9.97 Å². The summed E-state index contributed by atoms with van der Waals surface area (Å²) in [4.78, 5) is 8.52. The highest BCUT2D eigenvalue weighted by Crippen LogP contribution is 2.25. The number of nitrogens with one attached hydrogen (secondary N) is 1. The third-order valence-electron chi connectivity index (χ3n) is 2.65. The normalized spacial score (nSPS) is 10.7. The van der Waals surface area contributed by atoms with Gasteiger partial charge >= 0.3 is 0 Å². The molecule has 0 amide bonds. The van der Waals surface area contributed by atoms with Crippen molar-refractivity contribution in [1.82, 2.24) is 9.97 Å². The third kappa shape index (κ3) is 2.23. The van der Waals surface area contributed by atoms with Crippen LogP contribution in [0.1, 0.15) is 5.56 Å². The molecule has 3 aromatic rings. The topological polar surface area (TPSA) is 37.8 Å². The Bertz CT molecular complexity index is 681. The minimum atomic E-state index is 0.742. The lowest BCUT2D eigenvalue weighted by atomic mass is 10.2. The van der Waals surface area contributed by atoms with Crippen LogP contribution in [-0.4, -0.2) is 9.97 Å². The zero-order valence-corrected chi connectivity index (χ0v) is 11.8. The van der Waals surface area contributed by atoms with Crippen LogP contribution in [0.2, 0.25) is 0 Å². The molecule has 2 aromatic heterocycles. The van der Waals surface area contributed by atoms with E-state index in [9.17, 15) is 0 Å². The Morgan fingerprint density at radius 1 is 1.17 bits per heavy atom. The minimum Gasteiger partial charge on any atom is -0.365 e. The Labute approximate surface area is 117 Å². The molecular formula is C13H10BrN3S. The van der Waals surface area contributed by atoms with Gasteiger partial charge in [0.2, 0.25) is 0 Å². The Kier molecular flexibility index (Phi) is 3.25. The second-order valence-corrected chi connectivity index (χ2v) is 5.57. The molecule has 0 fully saturated rings. The van der Waals surface area contributed by atoms with E-state index < -0.39 is 0 Å². The molecule has 0 radical (unpaired) electrons. The Hall–Kier alpha value is -1.46. The number of hydrogen-bond acceptors (Lipinski definition) is 4. The van der Waals surface area contributed by atoms with Crippen molar-refractivity contribution >= 4 is 43.3 Å². The standard InChI is InChI=1S/C13H10BrN3S/c14-10-4-2-1-3-9(10)7-15-13-12-11(5-6-18-12)16-8-17-13/h1-6,8H,7H2,(H,15,16,17). The average Bonchev–Trinajstić information content (AvgIpc) is 2.86. The zero-order chi connectivity index (χ0) is 12.4. The van der Waals surface area contributed by atoms with E-state index in [0.717, 1.165) is 27.1 Å². The summed E-state index contributed by atoms with van der Waals surface area (Å²) in [5.74, 6) is 0.894. The number of thiophene rings is 1. The molecule has 5 heteroatoms. The number of aromatic nitrogens is 2. The second-order valence-electron chi connectivity index (χ2n) is 3.80. The largest absolute Gasteiger partial charge is 0.365 e. The van der Waals surface area contributed by atoms with E-state index in [4.69, 9.17) is 0 Å². The van der Waals surface area contributed by atoms with Crippen LogP contribution >= 0.6 is 27.3 Å². The van der Waals surface area contributed by atoms with Crippen molar-refractivity contribution in [3.8, 4) is 0 Å². The van der Waals surface area contributed by atoms with Gasteiger partial charge in [-0.3, -0.25) is 0 Å². The molecule has 90 valence electrons. The first kappa shape index (κ1) is 11.6. The van der Waals surface area contributed by atoms with Crippen molar-refractivity contribution in [2.45, 2.75) is 6.54 Å². The van der Waals surface area contributed by atoms with Crippen LogP contribution in [0.15, 0.2) is 46.5 Å². The first-order valence-electron chi connectivity index (χ1n) is 5.50. The fraction of sp³-hybridized carbons (Fsp3) is 0.0769. The van der Waals surface area contributed by atoms with Gasteiger partial charge in [0.1, 0.15) is 12.1 Å². The maximum absolute atomic E-state index is 4.30. The number of hydrogen-bond donors (Lipinski definition) is 1. The summed E-state index contributed by atoms with van der Waals surface area (Å²) >= 11 is 5.20. The summed E-state index contributed by atoms with van der Waals surface area (Å²) in [6.45, 7) is 0.742. The van der Waals surface area contributed by atoms with Crippen molar-refractivity contribution in [2.75, 3.05) is 5.32 Å². The minimum absolute atomic E-state index is 0.742. The van der Waals surface area contributed by atoms with Gasteiger partial charge in [-0.15, -0.1) is 11.3 Å². The summed E-state index contributed by atoms with van der Waals surface area (Å²) in [7, 11) is 0. The Morgan fingerprint density at radius 3 is 2.94 bits per heavy atom. The number of fused-ring (bicyclic) bond motifs is 1. The number of nitrogens with zero attached hydrogens (tertiary/aromatic N) is 2.